The number of nitrogens with two attached hydrogens (primary N) is 1. The lowest BCUT2D eigenvalue weighted by atomic mass is 9.96. The van der Waals surface area contributed by atoms with Gasteiger partial charge in [0.05, 0.1) is 24.2 Å². The van der Waals surface area contributed by atoms with Crippen LogP contribution in [-0.4, -0.2) is 117 Å². The second kappa shape index (κ2) is 24.0. The van der Waals surface area contributed by atoms with Gasteiger partial charge < -0.3 is 40.9 Å². The average Bonchev–Trinajstić information content (AvgIpc) is 3.22. The van der Waals surface area contributed by atoms with E-state index in [0.717, 1.165) is 13.1 Å². The number of ether oxygens (including phenoxy) is 1. The van der Waals surface area contributed by atoms with E-state index in [4.69, 9.17) is 21.1 Å². The Hall–Kier alpha value is -4.68. The van der Waals surface area contributed by atoms with E-state index >= 15 is 4.39 Å². The van der Waals surface area contributed by atoms with Crippen LogP contribution in [0.5, 0.6) is 5.75 Å². The van der Waals surface area contributed by atoms with Crippen LogP contribution < -0.4 is 26.2 Å². The predicted molar refractivity (Wildman–Crippen MR) is 222 cm³/mol. The molecule has 14 heteroatoms. The number of carbonyl (C=O) groups is 1. The number of anilines is 2. The fraction of sp³-hybridized carbons (Fsp3) is 0.512. The van der Waals surface area contributed by atoms with Crippen molar-refractivity contribution in [3.8, 4) is 29.4 Å². The van der Waals surface area contributed by atoms with E-state index in [-0.39, 0.29) is 51.8 Å². The third-order valence-electron chi connectivity index (χ3n) is 8.52. The van der Waals surface area contributed by atoms with Crippen molar-refractivity contribution in [2.45, 2.75) is 60.4 Å². The lowest BCUT2D eigenvalue weighted by Gasteiger charge is -2.36. The Bertz CT molecular complexity index is 1850. The predicted octanol–water partition coefficient (Wildman–Crippen LogP) is 5.54. The number of halogens is 2. The molecule has 2 aromatic heterocycles. The molecule has 2 fully saturated rings. The van der Waals surface area contributed by atoms with Gasteiger partial charge >= 0.3 is 0 Å². The van der Waals surface area contributed by atoms with E-state index < -0.39 is 11.6 Å². The molecule has 0 saturated carbocycles. The van der Waals surface area contributed by atoms with Gasteiger partial charge in [-0.25, -0.2) is 13.8 Å². The van der Waals surface area contributed by atoms with Crippen LogP contribution >= 0.6 is 0 Å². The lowest BCUT2D eigenvalue weighted by Crippen LogP contribution is -2.53. The SMILES string of the molecule is C#Cc1c(F)ccc2cc(O)cc(-c3ncc4c(N5CCNC(COCCC(=O)NC)C5)nc(N5CCN(C)CC5)nc4c3F)c12.CC.CC.CCC.CN. The Balaban J connectivity index is 0.00000108. The highest BCUT2D eigenvalue weighted by Gasteiger charge is 2.28. The summed E-state index contributed by atoms with van der Waals surface area (Å²) in [7, 11) is 5.14. The molecule has 12 nitrogen and oxygen atoms in total. The Morgan fingerprint density at radius 2 is 1.75 bits per heavy atom. The first-order chi connectivity index (χ1) is 26.7. The minimum Gasteiger partial charge on any atom is -0.508 e. The quantitative estimate of drug-likeness (QED) is 0.133. The minimum absolute atomic E-state index is 0.0419. The molecule has 4 aromatic rings. The molecule has 1 atom stereocenters. The summed E-state index contributed by atoms with van der Waals surface area (Å²) in [5.74, 6) is 1.75. The van der Waals surface area contributed by atoms with E-state index in [9.17, 15) is 14.3 Å². The van der Waals surface area contributed by atoms with Crippen molar-refractivity contribution >= 4 is 39.3 Å². The van der Waals surface area contributed by atoms with Gasteiger partial charge in [0.25, 0.3) is 0 Å². The first-order valence-electron chi connectivity index (χ1n) is 19.2. The van der Waals surface area contributed by atoms with Crippen LogP contribution in [0, 0.1) is 24.0 Å². The molecular weight excluding hydrogens is 705 g/mol. The number of piperazine rings is 2. The van der Waals surface area contributed by atoms with Crippen LogP contribution in [0.2, 0.25) is 0 Å². The number of terminal acetylenes is 1. The first kappa shape index (κ1) is 46.5. The molecule has 2 aliphatic rings. The highest BCUT2D eigenvalue weighted by atomic mass is 19.1. The van der Waals surface area contributed by atoms with Crippen molar-refractivity contribution in [3.05, 3.63) is 47.7 Å². The summed E-state index contributed by atoms with van der Waals surface area (Å²) < 4.78 is 37.4. The Morgan fingerprint density at radius 3 is 2.38 bits per heavy atom. The Labute approximate surface area is 325 Å². The topological polar surface area (TPSA) is 145 Å². The standard InChI is InChI=1S/C33H36F2N8O3.C3H8.2C2H6.CH5N/c1-4-23-26(34)6-5-20-15-22(44)16-24(28(20)23)30-29(35)31-25(17-38-30)32(40-33(39-31)42-12-10-41(3)11-13-42)43-9-8-37-21(18-43)19-46-14-7-27(45)36-2;1-3-2;3*1-2/h1,5-6,15-17,21,37,44H,7-14,18-19H2,2-3H3,(H,36,45);3H2,1-2H3;2*1-2H3;2H2,1H3. The van der Waals surface area contributed by atoms with Gasteiger partial charge in [0, 0.05) is 82.5 Å². The first-order valence-corrected chi connectivity index (χ1v) is 19.2. The summed E-state index contributed by atoms with van der Waals surface area (Å²) in [5, 5.41) is 17.7. The summed E-state index contributed by atoms with van der Waals surface area (Å²) in [4.78, 5) is 32.1. The number of nitrogens with one attached hydrogen (secondary N) is 2. The van der Waals surface area contributed by atoms with E-state index in [2.05, 4.69) is 50.9 Å². The minimum atomic E-state index is -0.722. The second-order valence-corrected chi connectivity index (χ2v) is 12.3. The number of phenolic OH excluding ortho intramolecular Hbond substituents is 1. The molecule has 0 spiro atoms. The van der Waals surface area contributed by atoms with E-state index in [1.165, 1.54) is 43.9 Å². The molecule has 2 aromatic carbocycles. The van der Waals surface area contributed by atoms with Crippen LogP contribution in [0.4, 0.5) is 20.5 Å². The van der Waals surface area contributed by atoms with E-state index in [1.54, 1.807) is 7.05 Å². The number of nitrogens with zero attached hydrogens (tertiary/aromatic N) is 6. The summed E-state index contributed by atoms with van der Waals surface area (Å²) in [6.07, 6.45) is 8.73. The number of aromatic nitrogens is 3. The van der Waals surface area contributed by atoms with Gasteiger partial charge in [-0.2, -0.15) is 4.98 Å². The maximum atomic E-state index is 16.8. The largest absolute Gasteiger partial charge is 0.508 e. The van der Waals surface area contributed by atoms with Gasteiger partial charge in [0.1, 0.15) is 28.6 Å². The summed E-state index contributed by atoms with van der Waals surface area (Å²) >= 11 is 0. The zero-order chi connectivity index (χ0) is 41.1. The van der Waals surface area contributed by atoms with Gasteiger partial charge in [0.2, 0.25) is 11.9 Å². The number of phenols is 1. The average molecular weight is 766 g/mol. The monoisotopic (exact) mass is 765 g/mol. The van der Waals surface area contributed by atoms with Gasteiger partial charge in [-0.15, -0.1) is 6.42 Å². The van der Waals surface area contributed by atoms with E-state index in [1.807, 2.05) is 39.6 Å². The van der Waals surface area contributed by atoms with Crippen molar-refractivity contribution in [2.75, 3.05) is 90.0 Å². The van der Waals surface area contributed by atoms with Gasteiger partial charge in [-0.05, 0) is 37.7 Å². The molecule has 6 rings (SSSR count). The Kier molecular flexibility index (Phi) is 20.2. The van der Waals surface area contributed by atoms with Gasteiger partial charge in [-0.1, -0.05) is 60.0 Å². The lowest BCUT2D eigenvalue weighted by molar-refractivity contribution is -0.121. The number of aromatic hydroxyl groups is 1. The van der Waals surface area contributed by atoms with Crippen molar-refractivity contribution in [3.63, 3.8) is 0 Å². The summed E-state index contributed by atoms with van der Waals surface area (Å²) in [6.45, 7) is 17.7. The maximum absolute atomic E-state index is 16.8. The number of amides is 1. The number of rotatable bonds is 8. The number of pyridine rings is 1. The molecule has 1 unspecified atom stereocenters. The molecule has 5 N–H and O–H groups in total. The second-order valence-electron chi connectivity index (χ2n) is 12.3. The number of hydrogen-bond acceptors (Lipinski definition) is 11. The number of carbonyl (C=O) groups excluding carboxylic acids is 1. The number of likely N-dealkylation sites (N-methyl/N-ethyl adjacent to an activating group) is 1. The van der Waals surface area contributed by atoms with Crippen LogP contribution in [0.1, 0.15) is 59.9 Å². The molecule has 2 aliphatic heterocycles. The molecule has 0 aliphatic carbocycles. The highest BCUT2D eigenvalue weighted by Crippen LogP contribution is 2.39. The van der Waals surface area contributed by atoms with E-state index in [0.29, 0.717) is 68.5 Å². The molecule has 1 amide bonds. The molecule has 0 bridgehead atoms. The molecular formula is C41H61F2N9O3. The summed E-state index contributed by atoms with van der Waals surface area (Å²) in [6, 6.07) is 5.45. The summed E-state index contributed by atoms with van der Waals surface area (Å²) in [5.41, 5.74) is 4.59. The zero-order valence-electron chi connectivity index (χ0n) is 34.1. The number of fused-ring (bicyclic) bond motifs is 2. The third-order valence-corrected chi connectivity index (χ3v) is 8.52. The normalized spacial score (nSPS) is 15.2. The smallest absolute Gasteiger partial charge is 0.228 e. The number of hydrogen-bond donors (Lipinski definition) is 4. The van der Waals surface area contributed by atoms with Crippen LogP contribution in [-0.2, 0) is 9.53 Å². The molecule has 302 valence electrons. The van der Waals surface area contributed by atoms with Crippen molar-refractivity contribution in [2.24, 2.45) is 5.73 Å². The van der Waals surface area contributed by atoms with Gasteiger partial charge in [-0.3, -0.25) is 9.78 Å². The molecule has 0 radical (unpaired) electrons. The van der Waals surface area contributed by atoms with Crippen molar-refractivity contribution < 1.29 is 23.4 Å². The fourth-order valence-corrected chi connectivity index (χ4v) is 6.00. The third kappa shape index (κ3) is 11.9. The van der Waals surface area contributed by atoms with Crippen LogP contribution in [0.3, 0.4) is 0 Å². The highest BCUT2D eigenvalue weighted by molar-refractivity contribution is 6.03. The fourth-order valence-electron chi connectivity index (χ4n) is 6.00. The van der Waals surface area contributed by atoms with Gasteiger partial charge in [0.15, 0.2) is 5.82 Å². The Morgan fingerprint density at radius 1 is 1.07 bits per heavy atom. The number of benzene rings is 2. The van der Waals surface area contributed by atoms with Crippen molar-refractivity contribution in [1.82, 2.24) is 30.5 Å². The van der Waals surface area contributed by atoms with Crippen LogP contribution in [0.15, 0.2) is 30.5 Å². The maximum Gasteiger partial charge on any atom is 0.228 e. The zero-order valence-corrected chi connectivity index (χ0v) is 34.1. The van der Waals surface area contributed by atoms with Crippen molar-refractivity contribution in [1.29, 1.82) is 0 Å². The molecule has 2 saturated heterocycles. The molecule has 55 heavy (non-hydrogen) atoms. The molecule has 4 heterocycles. The van der Waals surface area contributed by atoms with Crippen LogP contribution in [0.25, 0.3) is 32.9 Å².